The van der Waals surface area contributed by atoms with Crippen LogP contribution in [0.15, 0.2) is 18.2 Å². The molecule has 3 nitrogen and oxygen atoms in total. The van der Waals surface area contributed by atoms with E-state index in [4.69, 9.17) is 5.73 Å². The lowest BCUT2D eigenvalue weighted by molar-refractivity contribution is -0.134. The zero-order valence-electron chi connectivity index (χ0n) is 12.4. The lowest BCUT2D eigenvalue weighted by Crippen LogP contribution is -2.04. The van der Waals surface area contributed by atoms with E-state index in [1.54, 1.807) is 6.08 Å². The van der Waals surface area contributed by atoms with Gasteiger partial charge >= 0.3 is 5.97 Å². The van der Waals surface area contributed by atoms with E-state index < -0.39 is 0 Å². The van der Waals surface area contributed by atoms with Gasteiger partial charge in [-0.1, -0.05) is 27.7 Å². The Kier molecular flexibility index (Phi) is 5.16. The molecule has 3 heteroatoms. The fourth-order valence-electron chi connectivity index (χ4n) is 2.01. The van der Waals surface area contributed by atoms with Crippen molar-refractivity contribution in [2.75, 3.05) is 12.8 Å². The Hall–Kier alpha value is -1.77. The lowest BCUT2D eigenvalue weighted by atomic mass is 9.90. The summed E-state index contributed by atoms with van der Waals surface area (Å²) in [5, 5.41) is 0. The van der Waals surface area contributed by atoms with Crippen molar-refractivity contribution in [2.24, 2.45) is 0 Å². The Labute approximate surface area is 115 Å². The van der Waals surface area contributed by atoms with E-state index in [-0.39, 0.29) is 5.97 Å². The number of nitrogens with two attached hydrogens (primary N) is 1. The van der Waals surface area contributed by atoms with Crippen LogP contribution in [-0.4, -0.2) is 13.1 Å². The number of hydrogen-bond donors (Lipinski definition) is 1. The number of ether oxygens (including phenoxy) is 1. The second-order valence-corrected chi connectivity index (χ2v) is 5.28. The van der Waals surface area contributed by atoms with Crippen molar-refractivity contribution in [1.29, 1.82) is 0 Å². The first-order valence-corrected chi connectivity index (χ1v) is 6.56. The summed E-state index contributed by atoms with van der Waals surface area (Å²) in [6, 6.07) is 4.07. The molecule has 0 saturated heterocycles. The Morgan fingerprint density at radius 2 is 1.63 bits per heavy atom. The Morgan fingerprint density at radius 3 is 2.00 bits per heavy atom. The number of hydrogen-bond acceptors (Lipinski definition) is 3. The molecule has 0 bridgehead atoms. The maximum absolute atomic E-state index is 11.2. The minimum Gasteiger partial charge on any atom is -0.466 e. The number of carbonyl (C=O) groups is 1. The second kappa shape index (κ2) is 6.41. The molecule has 0 aliphatic rings. The van der Waals surface area contributed by atoms with Crippen LogP contribution in [0, 0.1) is 0 Å². The summed E-state index contributed by atoms with van der Waals surface area (Å²) in [5.74, 6) is 0.349. The van der Waals surface area contributed by atoms with Crippen LogP contribution in [0.1, 0.15) is 56.2 Å². The number of methoxy groups -OCH3 is 1. The zero-order chi connectivity index (χ0) is 14.6. The molecule has 0 amide bonds. The minimum atomic E-state index is -0.353. The summed E-state index contributed by atoms with van der Waals surface area (Å²) in [4.78, 5) is 11.2. The normalized spacial score (nSPS) is 11.5. The van der Waals surface area contributed by atoms with E-state index in [9.17, 15) is 4.79 Å². The van der Waals surface area contributed by atoms with Gasteiger partial charge in [-0.2, -0.15) is 0 Å². The van der Waals surface area contributed by atoms with Crippen molar-refractivity contribution >= 4 is 17.7 Å². The smallest absolute Gasteiger partial charge is 0.330 e. The number of rotatable bonds is 4. The summed E-state index contributed by atoms with van der Waals surface area (Å²) in [7, 11) is 1.37. The van der Waals surface area contributed by atoms with Gasteiger partial charge in [0.05, 0.1) is 7.11 Å². The molecule has 0 aliphatic carbocycles. The molecule has 0 unspecified atom stereocenters. The third kappa shape index (κ3) is 3.85. The van der Waals surface area contributed by atoms with Gasteiger partial charge in [0.25, 0.3) is 0 Å². The van der Waals surface area contributed by atoms with Crippen molar-refractivity contribution in [3.05, 3.63) is 34.9 Å². The van der Waals surface area contributed by atoms with Gasteiger partial charge in [-0.05, 0) is 46.7 Å². The molecular formula is C16H23NO2. The number of nitrogen functional groups attached to an aromatic ring is 1. The van der Waals surface area contributed by atoms with Crippen LogP contribution in [-0.2, 0) is 9.53 Å². The third-order valence-electron chi connectivity index (χ3n) is 3.12. The zero-order valence-corrected chi connectivity index (χ0v) is 12.4. The summed E-state index contributed by atoms with van der Waals surface area (Å²) in [6.45, 7) is 8.46. The van der Waals surface area contributed by atoms with E-state index >= 15 is 0 Å². The molecule has 0 fully saturated rings. The molecule has 0 heterocycles. The molecule has 0 atom stereocenters. The van der Waals surface area contributed by atoms with Gasteiger partial charge in [-0.15, -0.1) is 0 Å². The third-order valence-corrected chi connectivity index (χ3v) is 3.12. The topological polar surface area (TPSA) is 52.3 Å². The second-order valence-electron chi connectivity index (χ2n) is 5.28. The van der Waals surface area contributed by atoms with Crippen LogP contribution in [0.4, 0.5) is 5.69 Å². The van der Waals surface area contributed by atoms with Crippen LogP contribution >= 0.6 is 0 Å². The molecule has 1 rings (SSSR count). The highest BCUT2D eigenvalue weighted by molar-refractivity contribution is 5.87. The largest absolute Gasteiger partial charge is 0.466 e. The first kappa shape index (κ1) is 15.3. The average molecular weight is 261 g/mol. The summed E-state index contributed by atoms with van der Waals surface area (Å²) >= 11 is 0. The molecule has 0 aliphatic heterocycles. The highest BCUT2D eigenvalue weighted by atomic mass is 16.5. The summed E-state index contributed by atoms with van der Waals surface area (Å²) in [5.41, 5.74) is 10.3. The molecule has 1 aromatic carbocycles. The maximum atomic E-state index is 11.2. The van der Waals surface area contributed by atoms with Crippen LogP contribution in [0.2, 0.25) is 0 Å². The highest BCUT2D eigenvalue weighted by Gasteiger charge is 2.12. The number of carbonyl (C=O) groups excluding carboxylic acids is 1. The number of anilines is 1. The van der Waals surface area contributed by atoms with Crippen LogP contribution in [0.3, 0.4) is 0 Å². The maximum Gasteiger partial charge on any atom is 0.330 e. The standard InChI is InChI=1S/C16H23NO2/c1-10(2)13-8-12(6-7-15(18)19-5)9-14(11(3)4)16(13)17/h6-11H,17H2,1-5H3/b7-6+. The molecule has 0 saturated carbocycles. The van der Waals surface area contributed by atoms with Crippen molar-refractivity contribution < 1.29 is 9.53 Å². The minimum absolute atomic E-state index is 0.351. The molecule has 1 aromatic rings. The SMILES string of the molecule is COC(=O)/C=C/c1cc(C(C)C)c(N)c(C(C)C)c1. The predicted molar refractivity (Wildman–Crippen MR) is 80.1 cm³/mol. The summed E-state index contributed by atoms with van der Waals surface area (Å²) < 4.78 is 4.60. The predicted octanol–water partition coefficient (Wildman–Crippen LogP) is 3.70. The number of esters is 1. The van der Waals surface area contributed by atoms with Crippen LogP contribution in [0.25, 0.3) is 6.08 Å². The van der Waals surface area contributed by atoms with Crippen molar-refractivity contribution in [3.63, 3.8) is 0 Å². The van der Waals surface area contributed by atoms with Crippen molar-refractivity contribution in [2.45, 2.75) is 39.5 Å². The van der Waals surface area contributed by atoms with Gasteiger partial charge in [0.15, 0.2) is 0 Å². The first-order chi connectivity index (χ1) is 8.86. The molecule has 104 valence electrons. The van der Waals surface area contributed by atoms with Gasteiger partial charge < -0.3 is 10.5 Å². The van der Waals surface area contributed by atoms with E-state index in [1.807, 2.05) is 12.1 Å². The number of benzene rings is 1. The fourth-order valence-corrected chi connectivity index (χ4v) is 2.01. The monoisotopic (exact) mass is 261 g/mol. The summed E-state index contributed by atoms with van der Waals surface area (Å²) in [6.07, 6.45) is 3.20. The Bertz CT molecular complexity index is 459. The fraction of sp³-hybridized carbons (Fsp3) is 0.438. The van der Waals surface area contributed by atoms with Gasteiger partial charge in [-0.3, -0.25) is 0 Å². The Morgan fingerprint density at radius 1 is 1.16 bits per heavy atom. The van der Waals surface area contributed by atoms with E-state index in [1.165, 1.54) is 13.2 Å². The Balaban J connectivity index is 3.27. The average Bonchev–Trinajstić information content (AvgIpc) is 2.36. The highest BCUT2D eigenvalue weighted by Crippen LogP contribution is 2.31. The van der Waals surface area contributed by atoms with Gasteiger partial charge in [-0.25, -0.2) is 4.79 Å². The molecule has 0 spiro atoms. The molecule has 0 aromatic heterocycles. The van der Waals surface area contributed by atoms with Crippen molar-refractivity contribution in [1.82, 2.24) is 0 Å². The molecule has 2 N–H and O–H groups in total. The van der Waals surface area contributed by atoms with E-state index in [2.05, 4.69) is 32.4 Å². The van der Waals surface area contributed by atoms with E-state index in [0.29, 0.717) is 11.8 Å². The van der Waals surface area contributed by atoms with Crippen LogP contribution in [0.5, 0.6) is 0 Å². The van der Waals surface area contributed by atoms with Gasteiger partial charge in [0.2, 0.25) is 0 Å². The van der Waals surface area contributed by atoms with Gasteiger partial charge in [0.1, 0.15) is 0 Å². The lowest BCUT2D eigenvalue weighted by Gasteiger charge is -2.17. The first-order valence-electron chi connectivity index (χ1n) is 6.56. The van der Waals surface area contributed by atoms with Gasteiger partial charge in [0, 0.05) is 11.8 Å². The van der Waals surface area contributed by atoms with Crippen LogP contribution < -0.4 is 5.73 Å². The molecule has 0 radical (unpaired) electrons. The van der Waals surface area contributed by atoms with Crippen molar-refractivity contribution in [3.8, 4) is 0 Å². The molecule has 19 heavy (non-hydrogen) atoms. The van der Waals surface area contributed by atoms with E-state index in [0.717, 1.165) is 22.4 Å². The molecular weight excluding hydrogens is 238 g/mol. The quantitative estimate of drug-likeness (QED) is 0.511.